The lowest BCUT2D eigenvalue weighted by Gasteiger charge is -2.30. The molecule has 4 heteroatoms. The van der Waals surface area contributed by atoms with Crippen molar-refractivity contribution in [3.05, 3.63) is 34.1 Å². The maximum atomic E-state index is 13.4. The number of nitrogens with one attached hydrogen (secondary N) is 1. The fourth-order valence-electron chi connectivity index (χ4n) is 3.51. The molecule has 21 heavy (non-hydrogen) atoms. The first-order chi connectivity index (χ1) is 9.93. The molecule has 1 saturated heterocycles. The molecule has 0 bridgehead atoms. The lowest BCUT2D eigenvalue weighted by molar-refractivity contribution is 0.0476. The molecule has 0 aromatic heterocycles. The normalized spacial score (nSPS) is 30.6. The van der Waals surface area contributed by atoms with E-state index in [2.05, 4.69) is 48.9 Å². The third-order valence-electron chi connectivity index (χ3n) is 4.69. The van der Waals surface area contributed by atoms with Crippen molar-refractivity contribution in [3.8, 4) is 0 Å². The fourth-order valence-corrected chi connectivity index (χ4v) is 3.94. The van der Waals surface area contributed by atoms with Gasteiger partial charge in [0, 0.05) is 12.0 Å². The van der Waals surface area contributed by atoms with Crippen molar-refractivity contribution in [2.45, 2.75) is 52.4 Å². The molecule has 1 aliphatic heterocycles. The number of likely N-dealkylation sites (N-methyl/N-ethyl adjacent to an activating group) is 1. The standard InChI is InChI=1S/C17H25BrFNO/c1-5-20-16(17-10(2)11(3)21-12(17)4)9-13-6-7-15(19)14(18)8-13/h6-8,10-12,16-17,20H,5,9H2,1-4H3. The molecular formula is C17H25BrFNO. The quantitative estimate of drug-likeness (QED) is 0.853. The van der Waals surface area contributed by atoms with Gasteiger partial charge < -0.3 is 10.1 Å². The molecule has 1 aromatic carbocycles. The highest BCUT2D eigenvalue weighted by molar-refractivity contribution is 9.10. The van der Waals surface area contributed by atoms with Gasteiger partial charge in [-0.05, 0) is 66.4 Å². The van der Waals surface area contributed by atoms with Crippen LogP contribution in [0.15, 0.2) is 22.7 Å². The van der Waals surface area contributed by atoms with E-state index in [1.165, 1.54) is 6.07 Å². The van der Waals surface area contributed by atoms with Crippen LogP contribution in [0, 0.1) is 17.7 Å². The molecule has 118 valence electrons. The second-order valence-electron chi connectivity index (χ2n) is 6.10. The second kappa shape index (κ2) is 7.21. The summed E-state index contributed by atoms with van der Waals surface area (Å²) in [6.45, 7) is 9.64. The first-order valence-electron chi connectivity index (χ1n) is 7.76. The van der Waals surface area contributed by atoms with Gasteiger partial charge >= 0.3 is 0 Å². The molecule has 1 aliphatic rings. The first kappa shape index (κ1) is 16.9. The average molecular weight is 358 g/mol. The molecule has 5 unspecified atom stereocenters. The van der Waals surface area contributed by atoms with Crippen molar-refractivity contribution in [1.29, 1.82) is 0 Å². The summed E-state index contributed by atoms with van der Waals surface area (Å²) in [5.41, 5.74) is 1.15. The molecule has 0 amide bonds. The van der Waals surface area contributed by atoms with Gasteiger partial charge in [-0.2, -0.15) is 0 Å². The Bertz CT molecular complexity index is 482. The number of benzene rings is 1. The Morgan fingerprint density at radius 1 is 1.29 bits per heavy atom. The SMILES string of the molecule is CCNC(Cc1ccc(F)c(Br)c1)C1C(C)OC(C)C1C. The van der Waals surface area contributed by atoms with Crippen molar-refractivity contribution in [2.24, 2.45) is 11.8 Å². The highest BCUT2D eigenvalue weighted by atomic mass is 79.9. The summed E-state index contributed by atoms with van der Waals surface area (Å²) >= 11 is 3.27. The number of halogens is 2. The van der Waals surface area contributed by atoms with Crippen LogP contribution in [0.25, 0.3) is 0 Å². The van der Waals surface area contributed by atoms with Crippen molar-refractivity contribution < 1.29 is 9.13 Å². The van der Waals surface area contributed by atoms with Gasteiger partial charge in [0.2, 0.25) is 0 Å². The molecule has 2 rings (SSSR count). The molecule has 0 radical (unpaired) electrons. The average Bonchev–Trinajstić information content (AvgIpc) is 2.67. The third-order valence-corrected chi connectivity index (χ3v) is 5.30. The predicted octanol–water partition coefficient (Wildman–Crippen LogP) is 4.17. The molecule has 0 spiro atoms. The zero-order chi connectivity index (χ0) is 15.6. The van der Waals surface area contributed by atoms with Gasteiger partial charge in [-0.1, -0.05) is 19.9 Å². The molecule has 1 fully saturated rings. The molecule has 5 atom stereocenters. The fraction of sp³-hybridized carbons (Fsp3) is 0.647. The van der Waals surface area contributed by atoms with Crippen LogP contribution in [0.1, 0.15) is 33.3 Å². The van der Waals surface area contributed by atoms with Gasteiger partial charge in [0.25, 0.3) is 0 Å². The molecule has 1 N–H and O–H groups in total. The van der Waals surface area contributed by atoms with Crippen molar-refractivity contribution in [3.63, 3.8) is 0 Å². The van der Waals surface area contributed by atoms with Crippen LogP contribution >= 0.6 is 15.9 Å². The van der Waals surface area contributed by atoms with E-state index in [0.717, 1.165) is 18.5 Å². The minimum atomic E-state index is -0.210. The minimum absolute atomic E-state index is 0.210. The lowest BCUT2D eigenvalue weighted by Crippen LogP contribution is -2.43. The van der Waals surface area contributed by atoms with Crippen LogP contribution in [0.3, 0.4) is 0 Å². The van der Waals surface area contributed by atoms with Crippen molar-refractivity contribution >= 4 is 15.9 Å². The van der Waals surface area contributed by atoms with Gasteiger partial charge in [-0.25, -0.2) is 4.39 Å². The Labute approximate surface area is 135 Å². The predicted molar refractivity (Wildman–Crippen MR) is 87.9 cm³/mol. The zero-order valence-corrected chi connectivity index (χ0v) is 14.8. The van der Waals surface area contributed by atoms with E-state index < -0.39 is 0 Å². The number of rotatable bonds is 5. The van der Waals surface area contributed by atoms with Crippen molar-refractivity contribution in [2.75, 3.05) is 6.54 Å². The van der Waals surface area contributed by atoms with E-state index in [4.69, 9.17) is 4.74 Å². The Balaban J connectivity index is 2.17. The van der Waals surface area contributed by atoms with Crippen LogP contribution in [-0.2, 0) is 11.2 Å². The summed E-state index contributed by atoms with van der Waals surface area (Å²) in [4.78, 5) is 0. The third kappa shape index (κ3) is 3.85. The van der Waals surface area contributed by atoms with E-state index in [9.17, 15) is 4.39 Å². The van der Waals surface area contributed by atoms with Gasteiger partial charge in [0.1, 0.15) is 5.82 Å². The van der Waals surface area contributed by atoms with E-state index in [0.29, 0.717) is 28.5 Å². The molecule has 0 saturated carbocycles. The largest absolute Gasteiger partial charge is 0.375 e. The van der Waals surface area contributed by atoms with Crippen LogP contribution < -0.4 is 5.32 Å². The van der Waals surface area contributed by atoms with Crippen LogP contribution in [-0.4, -0.2) is 24.8 Å². The monoisotopic (exact) mass is 357 g/mol. The molecule has 0 aliphatic carbocycles. The van der Waals surface area contributed by atoms with Crippen LogP contribution in [0.5, 0.6) is 0 Å². The van der Waals surface area contributed by atoms with Gasteiger partial charge in [-0.15, -0.1) is 0 Å². The van der Waals surface area contributed by atoms with Gasteiger partial charge in [-0.3, -0.25) is 0 Å². The number of ether oxygens (including phenoxy) is 1. The highest BCUT2D eigenvalue weighted by Gasteiger charge is 2.41. The highest BCUT2D eigenvalue weighted by Crippen LogP contribution is 2.35. The maximum absolute atomic E-state index is 13.4. The Morgan fingerprint density at radius 3 is 2.52 bits per heavy atom. The summed E-state index contributed by atoms with van der Waals surface area (Å²) in [7, 11) is 0. The van der Waals surface area contributed by atoms with Crippen molar-refractivity contribution in [1.82, 2.24) is 5.32 Å². The summed E-state index contributed by atoms with van der Waals surface area (Å²) < 4.78 is 19.9. The molecule has 1 aromatic rings. The van der Waals surface area contributed by atoms with Crippen LogP contribution in [0.2, 0.25) is 0 Å². The van der Waals surface area contributed by atoms with E-state index in [1.54, 1.807) is 0 Å². The maximum Gasteiger partial charge on any atom is 0.137 e. The van der Waals surface area contributed by atoms with E-state index >= 15 is 0 Å². The Kier molecular flexibility index (Phi) is 5.81. The molecular weight excluding hydrogens is 333 g/mol. The van der Waals surface area contributed by atoms with E-state index in [1.807, 2.05) is 12.1 Å². The minimum Gasteiger partial charge on any atom is -0.375 e. The summed E-state index contributed by atoms with van der Waals surface area (Å²) in [6, 6.07) is 5.64. The van der Waals surface area contributed by atoms with Gasteiger partial charge in [0.15, 0.2) is 0 Å². The smallest absolute Gasteiger partial charge is 0.137 e. The zero-order valence-electron chi connectivity index (χ0n) is 13.2. The molecule has 2 nitrogen and oxygen atoms in total. The number of hydrogen-bond acceptors (Lipinski definition) is 2. The Hall–Kier alpha value is -0.450. The van der Waals surface area contributed by atoms with Gasteiger partial charge in [0.05, 0.1) is 16.7 Å². The van der Waals surface area contributed by atoms with E-state index in [-0.39, 0.29) is 11.9 Å². The number of hydrogen-bond donors (Lipinski definition) is 1. The van der Waals surface area contributed by atoms with Crippen LogP contribution in [0.4, 0.5) is 4.39 Å². The first-order valence-corrected chi connectivity index (χ1v) is 8.56. The summed E-state index contributed by atoms with van der Waals surface area (Å²) in [5, 5.41) is 3.60. The summed E-state index contributed by atoms with van der Waals surface area (Å²) in [6.07, 6.45) is 1.44. The second-order valence-corrected chi connectivity index (χ2v) is 6.95. The topological polar surface area (TPSA) is 21.3 Å². The molecule has 1 heterocycles. The lowest BCUT2D eigenvalue weighted by atomic mass is 9.81. The summed E-state index contributed by atoms with van der Waals surface area (Å²) in [5.74, 6) is 0.787. The Morgan fingerprint density at radius 2 is 2.00 bits per heavy atom.